The molecule has 1 fully saturated rings. The van der Waals surface area contributed by atoms with Gasteiger partial charge in [0.15, 0.2) is 0 Å². The molecular formula is C14H15BrClN3. The van der Waals surface area contributed by atoms with E-state index in [0.717, 1.165) is 28.3 Å². The average molecular weight is 341 g/mol. The van der Waals surface area contributed by atoms with Crippen LogP contribution >= 0.6 is 27.5 Å². The number of halogens is 2. The number of hydrogen-bond acceptors (Lipinski definition) is 2. The van der Waals surface area contributed by atoms with E-state index in [1.54, 1.807) is 0 Å². The van der Waals surface area contributed by atoms with E-state index in [0.29, 0.717) is 5.92 Å². The van der Waals surface area contributed by atoms with Crippen molar-refractivity contribution in [2.45, 2.75) is 18.8 Å². The molecule has 0 spiro atoms. The zero-order chi connectivity index (χ0) is 13.2. The fourth-order valence-electron chi connectivity index (χ4n) is 2.56. The predicted molar refractivity (Wildman–Crippen MR) is 81.1 cm³/mol. The van der Waals surface area contributed by atoms with Crippen LogP contribution in [0.25, 0.3) is 5.69 Å². The van der Waals surface area contributed by atoms with Crippen LogP contribution in [0.1, 0.15) is 24.5 Å². The Morgan fingerprint density at radius 2 is 2.32 bits per heavy atom. The van der Waals surface area contributed by atoms with Gasteiger partial charge in [0.1, 0.15) is 0 Å². The molecule has 1 atom stereocenters. The molecule has 1 N–H and O–H groups in total. The van der Waals surface area contributed by atoms with Gasteiger partial charge >= 0.3 is 0 Å². The lowest BCUT2D eigenvalue weighted by Gasteiger charge is -2.23. The summed E-state index contributed by atoms with van der Waals surface area (Å²) in [6, 6.07) is 5.99. The first-order valence-corrected chi connectivity index (χ1v) is 7.61. The summed E-state index contributed by atoms with van der Waals surface area (Å²) in [5.41, 5.74) is 2.32. The Morgan fingerprint density at radius 3 is 3.05 bits per heavy atom. The van der Waals surface area contributed by atoms with E-state index in [1.807, 2.05) is 24.7 Å². The molecule has 0 radical (unpaired) electrons. The number of benzene rings is 1. The van der Waals surface area contributed by atoms with Crippen molar-refractivity contribution in [3.63, 3.8) is 0 Å². The number of rotatable bonds is 2. The molecule has 1 aromatic heterocycles. The maximum absolute atomic E-state index is 6.18. The topological polar surface area (TPSA) is 29.9 Å². The maximum atomic E-state index is 6.18. The highest BCUT2D eigenvalue weighted by Gasteiger charge is 2.19. The van der Waals surface area contributed by atoms with Gasteiger partial charge in [-0.3, -0.25) is 0 Å². The molecule has 100 valence electrons. The van der Waals surface area contributed by atoms with E-state index >= 15 is 0 Å². The summed E-state index contributed by atoms with van der Waals surface area (Å²) in [5, 5.41) is 4.17. The van der Waals surface area contributed by atoms with Gasteiger partial charge < -0.3 is 9.88 Å². The molecule has 3 rings (SSSR count). The molecule has 3 nitrogen and oxygen atoms in total. The Balaban J connectivity index is 1.96. The second-order valence-electron chi connectivity index (χ2n) is 4.83. The molecule has 0 bridgehead atoms. The van der Waals surface area contributed by atoms with Crippen LogP contribution in [-0.4, -0.2) is 22.6 Å². The first-order valence-electron chi connectivity index (χ1n) is 6.44. The lowest BCUT2D eigenvalue weighted by Crippen LogP contribution is -2.29. The van der Waals surface area contributed by atoms with Crippen LogP contribution < -0.4 is 5.32 Å². The van der Waals surface area contributed by atoms with Gasteiger partial charge in [-0.05, 0) is 53.5 Å². The van der Waals surface area contributed by atoms with Gasteiger partial charge in [0.2, 0.25) is 0 Å². The van der Waals surface area contributed by atoms with E-state index in [2.05, 4.69) is 36.9 Å². The predicted octanol–water partition coefficient (Wildman–Crippen LogP) is 3.76. The quantitative estimate of drug-likeness (QED) is 0.902. The van der Waals surface area contributed by atoms with E-state index < -0.39 is 0 Å². The molecule has 1 saturated heterocycles. The van der Waals surface area contributed by atoms with Gasteiger partial charge in [0, 0.05) is 34.5 Å². The van der Waals surface area contributed by atoms with Crippen LogP contribution in [0.15, 0.2) is 35.2 Å². The Labute approximate surface area is 126 Å². The Bertz CT molecular complexity index is 576. The average Bonchev–Trinajstić information content (AvgIpc) is 2.92. The summed E-state index contributed by atoms with van der Waals surface area (Å²) in [4.78, 5) is 4.31. The summed E-state index contributed by atoms with van der Waals surface area (Å²) >= 11 is 9.60. The first-order chi connectivity index (χ1) is 9.25. The van der Waals surface area contributed by atoms with Gasteiger partial charge in [-0.25, -0.2) is 4.98 Å². The van der Waals surface area contributed by atoms with Gasteiger partial charge in [-0.15, -0.1) is 0 Å². The molecule has 2 aromatic rings. The van der Waals surface area contributed by atoms with Gasteiger partial charge in [0.05, 0.1) is 11.3 Å². The van der Waals surface area contributed by atoms with Gasteiger partial charge in [-0.2, -0.15) is 0 Å². The molecule has 0 saturated carbocycles. The summed E-state index contributed by atoms with van der Waals surface area (Å²) in [5.74, 6) is 0.527. The molecule has 1 aliphatic rings. The van der Waals surface area contributed by atoms with Crippen LogP contribution in [0.2, 0.25) is 5.02 Å². The van der Waals surface area contributed by atoms with Crippen molar-refractivity contribution in [3.05, 3.63) is 45.9 Å². The minimum absolute atomic E-state index is 0.527. The smallest absolute Gasteiger partial charge is 0.0994 e. The van der Waals surface area contributed by atoms with Gasteiger partial charge in [0.25, 0.3) is 0 Å². The second-order valence-corrected chi connectivity index (χ2v) is 6.09. The number of nitrogens with zero attached hydrogens (tertiary/aromatic N) is 2. The molecular weight excluding hydrogens is 326 g/mol. The van der Waals surface area contributed by atoms with Crippen molar-refractivity contribution in [1.82, 2.24) is 14.9 Å². The molecule has 2 heterocycles. The Hall–Kier alpha value is -0.840. The summed E-state index contributed by atoms with van der Waals surface area (Å²) < 4.78 is 3.05. The van der Waals surface area contributed by atoms with Crippen molar-refractivity contribution in [2.24, 2.45) is 0 Å². The number of aromatic nitrogens is 2. The van der Waals surface area contributed by atoms with Gasteiger partial charge in [-0.1, -0.05) is 11.6 Å². The Morgan fingerprint density at radius 1 is 1.42 bits per heavy atom. The van der Waals surface area contributed by atoms with Crippen LogP contribution in [0.5, 0.6) is 0 Å². The number of hydrogen-bond donors (Lipinski definition) is 1. The maximum Gasteiger partial charge on any atom is 0.0994 e. The highest BCUT2D eigenvalue weighted by atomic mass is 79.9. The minimum Gasteiger partial charge on any atom is -0.316 e. The fourth-order valence-corrected chi connectivity index (χ4v) is 2.98. The molecule has 0 amide bonds. The van der Waals surface area contributed by atoms with Crippen molar-refractivity contribution < 1.29 is 0 Å². The highest BCUT2D eigenvalue weighted by molar-refractivity contribution is 9.10. The third-order valence-corrected chi connectivity index (χ3v) is 4.80. The van der Waals surface area contributed by atoms with E-state index in [-0.39, 0.29) is 0 Å². The molecule has 0 aliphatic carbocycles. The highest BCUT2D eigenvalue weighted by Crippen LogP contribution is 2.29. The zero-order valence-corrected chi connectivity index (χ0v) is 12.8. The molecule has 5 heteroatoms. The molecule has 1 aromatic carbocycles. The molecule has 1 aliphatic heterocycles. The monoisotopic (exact) mass is 339 g/mol. The SMILES string of the molecule is Clc1cc(-n2cncc2C2CCCNC2)ccc1Br. The van der Waals surface area contributed by atoms with Crippen LogP contribution in [0.4, 0.5) is 0 Å². The summed E-state index contributed by atoms with van der Waals surface area (Å²) in [6.07, 6.45) is 6.26. The Kier molecular flexibility index (Phi) is 3.91. The normalized spacial score (nSPS) is 19.6. The van der Waals surface area contributed by atoms with Crippen LogP contribution in [0.3, 0.4) is 0 Å². The van der Waals surface area contributed by atoms with Crippen LogP contribution in [0, 0.1) is 0 Å². The lowest BCUT2D eigenvalue weighted by molar-refractivity contribution is 0.451. The van der Waals surface area contributed by atoms with E-state index in [4.69, 9.17) is 11.6 Å². The van der Waals surface area contributed by atoms with Crippen LogP contribution in [-0.2, 0) is 0 Å². The largest absolute Gasteiger partial charge is 0.316 e. The fraction of sp³-hybridized carbons (Fsp3) is 0.357. The summed E-state index contributed by atoms with van der Waals surface area (Å²) in [6.45, 7) is 2.14. The third-order valence-electron chi connectivity index (χ3n) is 3.56. The summed E-state index contributed by atoms with van der Waals surface area (Å²) in [7, 11) is 0. The number of nitrogens with one attached hydrogen (secondary N) is 1. The first kappa shape index (κ1) is 13.2. The minimum atomic E-state index is 0.527. The van der Waals surface area contributed by atoms with Crippen molar-refractivity contribution in [3.8, 4) is 5.69 Å². The van der Waals surface area contributed by atoms with E-state index in [9.17, 15) is 0 Å². The van der Waals surface area contributed by atoms with Crippen molar-refractivity contribution in [2.75, 3.05) is 13.1 Å². The third kappa shape index (κ3) is 2.71. The number of piperidine rings is 1. The molecule has 19 heavy (non-hydrogen) atoms. The molecule has 1 unspecified atom stereocenters. The standard InChI is InChI=1S/C14H15BrClN3/c15-12-4-3-11(6-13(12)16)19-9-18-8-14(19)10-2-1-5-17-7-10/h3-4,6,8-10,17H,1-2,5,7H2. The van der Waals surface area contributed by atoms with E-state index in [1.165, 1.54) is 18.5 Å². The van der Waals surface area contributed by atoms with Crippen molar-refractivity contribution >= 4 is 27.5 Å². The zero-order valence-electron chi connectivity index (χ0n) is 10.4. The van der Waals surface area contributed by atoms with Crippen molar-refractivity contribution in [1.29, 1.82) is 0 Å². The number of imidazole rings is 1. The lowest BCUT2D eigenvalue weighted by atomic mass is 9.96. The second kappa shape index (κ2) is 5.65.